The summed E-state index contributed by atoms with van der Waals surface area (Å²) in [5.74, 6) is 0.200. The van der Waals surface area contributed by atoms with Crippen molar-refractivity contribution in [3.05, 3.63) is 59.1 Å². The number of halogens is 1. The molecule has 0 fully saturated rings. The monoisotopic (exact) mass is 334 g/mol. The average molecular weight is 335 g/mol. The van der Waals surface area contributed by atoms with E-state index in [9.17, 15) is 9.90 Å². The number of methoxy groups -OCH3 is 1. The van der Waals surface area contributed by atoms with Crippen LogP contribution in [0.2, 0.25) is 5.02 Å². The fourth-order valence-corrected chi connectivity index (χ4v) is 2.26. The molecule has 1 unspecified atom stereocenters. The van der Waals surface area contributed by atoms with E-state index in [4.69, 9.17) is 16.3 Å². The predicted octanol–water partition coefficient (Wildman–Crippen LogP) is 2.44. The van der Waals surface area contributed by atoms with Gasteiger partial charge in [0.1, 0.15) is 11.9 Å². The van der Waals surface area contributed by atoms with Crippen LogP contribution in [0.1, 0.15) is 5.56 Å². The number of carbonyl (C=O) groups is 1. The Morgan fingerprint density at radius 3 is 2.78 bits per heavy atom. The lowest BCUT2D eigenvalue weighted by Crippen LogP contribution is -2.38. The topological polar surface area (TPSA) is 70.6 Å². The fourth-order valence-electron chi connectivity index (χ4n) is 2.04. The third-order valence-electron chi connectivity index (χ3n) is 3.25. The van der Waals surface area contributed by atoms with Gasteiger partial charge < -0.3 is 20.5 Å². The largest absolute Gasteiger partial charge is 0.495 e. The molecule has 1 amide bonds. The quantitative estimate of drug-likeness (QED) is 0.727. The van der Waals surface area contributed by atoms with Crippen molar-refractivity contribution in [3.63, 3.8) is 0 Å². The number of nitrogens with one attached hydrogen (secondary N) is 2. The average Bonchev–Trinajstić information content (AvgIpc) is 2.57. The van der Waals surface area contributed by atoms with Gasteiger partial charge in [0.05, 0.1) is 12.8 Å². The van der Waals surface area contributed by atoms with Gasteiger partial charge in [0.15, 0.2) is 0 Å². The second-order valence-electron chi connectivity index (χ2n) is 4.94. The number of amides is 1. The Labute approximate surface area is 140 Å². The van der Waals surface area contributed by atoms with Crippen LogP contribution in [0.5, 0.6) is 5.75 Å². The van der Waals surface area contributed by atoms with Gasteiger partial charge in [0.2, 0.25) is 0 Å². The summed E-state index contributed by atoms with van der Waals surface area (Å²) in [6.07, 6.45) is -1.17. The molecule has 3 N–H and O–H groups in total. The molecule has 0 heterocycles. The minimum absolute atomic E-state index is 0.0851. The predicted molar refractivity (Wildman–Crippen MR) is 90.8 cm³/mol. The third kappa shape index (κ3) is 5.16. The summed E-state index contributed by atoms with van der Waals surface area (Å²) in [6, 6.07) is 14.5. The Bertz CT molecular complexity index is 664. The lowest BCUT2D eigenvalue weighted by atomic mass is 10.2. The van der Waals surface area contributed by atoms with E-state index >= 15 is 0 Å². The van der Waals surface area contributed by atoms with Crippen molar-refractivity contribution < 1.29 is 14.6 Å². The summed E-state index contributed by atoms with van der Waals surface area (Å²) in [7, 11) is 1.56. The molecule has 1 atom stereocenters. The highest BCUT2D eigenvalue weighted by atomic mass is 35.5. The van der Waals surface area contributed by atoms with Gasteiger partial charge in [0, 0.05) is 18.1 Å². The summed E-state index contributed by atoms with van der Waals surface area (Å²) in [6.45, 7) is 0.396. The molecule has 0 aliphatic heterocycles. The SMILES string of the molecule is COc1ccccc1NCC(O)C(=O)NCc1cccc(Cl)c1. The van der Waals surface area contributed by atoms with Crippen LogP contribution < -0.4 is 15.4 Å². The smallest absolute Gasteiger partial charge is 0.250 e. The molecule has 5 nitrogen and oxygen atoms in total. The highest BCUT2D eigenvalue weighted by Crippen LogP contribution is 2.22. The second kappa shape index (κ2) is 8.41. The van der Waals surface area contributed by atoms with E-state index in [1.54, 1.807) is 25.3 Å². The van der Waals surface area contributed by atoms with Crippen molar-refractivity contribution in [1.82, 2.24) is 5.32 Å². The van der Waals surface area contributed by atoms with Crippen LogP contribution in [-0.4, -0.2) is 30.8 Å². The normalized spacial score (nSPS) is 11.6. The third-order valence-corrected chi connectivity index (χ3v) is 3.49. The highest BCUT2D eigenvalue weighted by molar-refractivity contribution is 6.30. The first kappa shape index (κ1) is 17.1. The Morgan fingerprint density at radius 2 is 2.04 bits per heavy atom. The standard InChI is InChI=1S/C17H19ClN2O3/c1-23-16-8-3-2-7-14(16)19-11-15(21)17(22)20-10-12-5-4-6-13(18)9-12/h2-9,15,19,21H,10-11H2,1H3,(H,20,22). The summed E-state index contributed by atoms with van der Waals surface area (Å²) in [5.41, 5.74) is 1.59. The maximum atomic E-state index is 11.9. The Kier molecular flexibility index (Phi) is 6.26. The zero-order valence-electron chi connectivity index (χ0n) is 12.8. The second-order valence-corrected chi connectivity index (χ2v) is 5.38. The molecule has 0 saturated heterocycles. The summed E-state index contributed by atoms with van der Waals surface area (Å²) < 4.78 is 5.20. The number of aliphatic hydroxyl groups excluding tert-OH is 1. The van der Waals surface area contributed by atoms with E-state index in [1.807, 2.05) is 30.3 Å². The summed E-state index contributed by atoms with van der Waals surface area (Å²) in [4.78, 5) is 11.9. The van der Waals surface area contributed by atoms with Gasteiger partial charge in [0.25, 0.3) is 5.91 Å². The maximum absolute atomic E-state index is 11.9. The first-order chi connectivity index (χ1) is 11.1. The minimum Gasteiger partial charge on any atom is -0.495 e. The van der Waals surface area contributed by atoms with Gasteiger partial charge in [-0.1, -0.05) is 35.9 Å². The molecule has 6 heteroatoms. The molecule has 0 saturated carbocycles. The van der Waals surface area contributed by atoms with E-state index in [1.165, 1.54) is 0 Å². The summed E-state index contributed by atoms with van der Waals surface area (Å²) in [5, 5.41) is 16.2. The van der Waals surface area contributed by atoms with Crippen molar-refractivity contribution in [1.29, 1.82) is 0 Å². The van der Waals surface area contributed by atoms with Crippen molar-refractivity contribution in [3.8, 4) is 5.75 Å². The molecule has 122 valence electrons. The van der Waals surface area contributed by atoms with E-state index in [0.29, 0.717) is 17.3 Å². The van der Waals surface area contributed by atoms with Crippen LogP contribution in [0.15, 0.2) is 48.5 Å². The van der Waals surface area contributed by atoms with Gasteiger partial charge in [-0.25, -0.2) is 0 Å². The number of hydrogen-bond acceptors (Lipinski definition) is 4. The molecular formula is C17H19ClN2O3. The van der Waals surface area contributed by atoms with Crippen molar-refractivity contribution in [2.24, 2.45) is 0 Å². The van der Waals surface area contributed by atoms with Crippen LogP contribution in [-0.2, 0) is 11.3 Å². The number of hydrogen-bond donors (Lipinski definition) is 3. The first-order valence-corrected chi connectivity index (χ1v) is 7.55. The number of anilines is 1. The molecule has 23 heavy (non-hydrogen) atoms. The van der Waals surface area contributed by atoms with E-state index in [0.717, 1.165) is 11.3 Å². The minimum atomic E-state index is -1.17. The number of aliphatic hydroxyl groups is 1. The molecule has 0 bridgehead atoms. The van der Waals surface area contributed by atoms with Crippen LogP contribution in [0.4, 0.5) is 5.69 Å². The lowest BCUT2D eigenvalue weighted by Gasteiger charge is -2.15. The molecule has 0 spiro atoms. The maximum Gasteiger partial charge on any atom is 0.250 e. The van der Waals surface area contributed by atoms with Crippen LogP contribution in [0.25, 0.3) is 0 Å². The molecule has 0 aliphatic rings. The zero-order valence-corrected chi connectivity index (χ0v) is 13.5. The Hall–Kier alpha value is -2.24. The van der Waals surface area contributed by atoms with Crippen LogP contribution >= 0.6 is 11.6 Å². The zero-order chi connectivity index (χ0) is 16.7. The number of para-hydroxylation sites is 2. The van der Waals surface area contributed by atoms with E-state index in [2.05, 4.69) is 10.6 Å². The first-order valence-electron chi connectivity index (χ1n) is 7.17. The molecule has 0 aromatic heterocycles. The summed E-state index contributed by atoms with van der Waals surface area (Å²) >= 11 is 5.88. The van der Waals surface area contributed by atoms with Gasteiger partial charge in [-0.05, 0) is 29.8 Å². The molecule has 0 radical (unpaired) electrons. The van der Waals surface area contributed by atoms with Crippen molar-refractivity contribution >= 4 is 23.2 Å². The molecule has 0 aliphatic carbocycles. The van der Waals surface area contributed by atoms with Crippen molar-refractivity contribution in [2.45, 2.75) is 12.6 Å². The number of rotatable bonds is 7. The van der Waals surface area contributed by atoms with Gasteiger partial charge in [-0.2, -0.15) is 0 Å². The van der Waals surface area contributed by atoms with Crippen LogP contribution in [0.3, 0.4) is 0 Å². The number of ether oxygens (including phenoxy) is 1. The lowest BCUT2D eigenvalue weighted by molar-refractivity contribution is -0.128. The van der Waals surface area contributed by atoms with E-state index in [-0.39, 0.29) is 6.54 Å². The molecule has 2 aromatic rings. The van der Waals surface area contributed by atoms with E-state index < -0.39 is 12.0 Å². The molecular weight excluding hydrogens is 316 g/mol. The van der Waals surface area contributed by atoms with Crippen molar-refractivity contribution in [2.75, 3.05) is 19.0 Å². The fraction of sp³-hybridized carbons (Fsp3) is 0.235. The van der Waals surface area contributed by atoms with Gasteiger partial charge in [-0.15, -0.1) is 0 Å². The molecule has 2 rings (SSSR count). The highest BCUT2D eigenvalue weighted by Gasteiger charge is 2.15. The number of benzene rings is 2. The van der Waals surface area contributed by atoms with Gasteiger partial charge in [-0.3, -0.25) is 4.79 Å². The molecule has 2 aromatic carbocycles. The van der Waals surface area contributed by atoms with Crippen LogP contribution in [0, 0.1) is 0 Å². The van der Waals surface area contributed by atoms with Gasteiger partial charge >= 0.3 is 0 Å². The Balaban J connectivity index is 1.83. The Morgan fingerprint density at radius 1 is 1.26 bits per heavy atom. The number of carbonyl (C=O) groups excluding carboxylic acids is 1.